The summed E-state index contributed by atoms with van der Waals surface area (Å²) in [6.45, 7) is 5.80. The van der Waals surface area contributed by atoms with Gasteiger partial charge in [-0.05, 0) is 19.1 Å². The number of nitrogens with two attached hydrogens (primary N) is 1. The van der Waals surface area contributed by atoms with Crippen molar-refractivity contribution in [3.8, 4) is 0 Å². The lowest BCUT2D eigenvalue weighted by atomic mass is 10.3. The summed E-state index contributed by atoms with van der Waals surface area (Å²) in [6, 6.07) is 4.92. The Morgan fingerprint density at radius 1 is 1.39 bits per heavy atom. The molecule has 0 aliphatic rings. The van der Waals surface area contributed by atoms with E-state index in [0.29, 0.717) is 10.3 Å². The molecule has 1 aromatic rings. The molecule has 0 saturated heterocycles. The standard InChI is InChI=1S/C12H17ClN2OS.ClH/c1-7(2)17-11-9(13)5-4-6-10(11)15-12(16)8(3)14;/h4-8H,14H2,1-3H3,(H,15,16);1H/t8-;/m0./s1. The van der Waals surface area contributed by atoms with Gasteiger partial charge in [0.15, 0.2) is 0 Å². The second-order valence-corrected chi connectivity index (χ2v) is 6.06. The first-order chi connectivity index (χ1) is 7.91. The van der Waals surface area contributed by atoms with Gasteiger partial charge in [-0.3, -0.25) is 4.79 Å². The number of benzene rings is 1. The number of anilines is 1. The molecule has 6 heteroatoms. The molecule has 1 amide bonds. The average molecular weight is 309 g/mol. The molecule has 0 bridgehead atoms. The smallest absolute Gasteiger partial charge is 0.241 e. The molecular formula is C12H18Cl2N2OS. The quantitative estimate of drug-likeness (QED) is 0.836. The molecule has 0 radical (unpaired) electrons. The first-order valence-corrected chi connectivity index (χ1v) is 6.69. The summed E-state index contributed by atoms with van der Waals surface area (Å²) >= 11 is 7.75. The molecule has 1 atom stereocenters. The van der Waals surface area contributed by atoms with E-state index in [0.717, 1.165) is 10.6 Å². The summed E-state index contributed by atoms with van der Waals surface area (Å²) < 4.78 is 0. The Labute approximate surface area is 123 Å². The summed E-state index contributed by atoms with van der Waals surface area (Å²) in [5, 5.41) is 3.82. The van der Waals surface area contributed by atoms with Crippen molar-refractivity contribution in [2.75, 3.05) is 5.32 Å². The van der Waals surface area contributed by atoms with Gasteiger partial charge in [0.1, 0.15) is 0 Å². The highest BCUT2D eigenvalue weighted by Gasteiger charge is 2.13. The van der Waals surface area contributed by atoms with Crippen LogP contribution in [-0.4, -0.2) is 17.2 Å². The molecule has 3 N–H and O–H groups in total. The van der Waals surface area contributed by atoms with E-state index < -0.39 is 6.04 Å². The van der Waals surface area contributed by atoms with Gasteiger partial charge in [-0.25, -0.2) is 0 Å². The van der Waals surface area contributed by atoms with Crippen molar-refractivity contribution in [1.29, 1.82) is 0 Å². The minimum atomic E-state index is -0.536. The number of nitrogens with one attached hydrogen (secondary N) is 1. The van der Waals surface area contributed by atoms with Crippen LogP contribution in [0.4, 0.5) is 5.69 Å². The van der Waals surface area contributed by atoms with Crippen molar-refractivity contribution in [3.63, 3.8) is 0 Å². The monoisotopic (exact) mass is 308 g/mol. The van der Waals surface area contributed by atoms with E-state index in [1.807, 2.05) is 18.2 Å². The zero-order chi connectivity index (χ0) is 13.0. The molecule has 1 aromatic carbocycles. The van der Waals surface area contributed by atoms with Gasteiger partial charge in [-0.1, -0.05) is 31.5 Å². The Bertz CT molecular complexity index is 411. The van der Waals surface area contributed by atoms with Crippen LogP contribution in [0.15, 0.2) is 23.1 Å². The lowest BCUT2D eigenvalue weighted by molar-refractivity contribution is -0.117. The van der Waals surface area contributed by atoms with Crippen LogP contribution in [0.3, 0.4) is 0 Å². The molecule has 0 aliphatic heterocycles. The van der Waals surface area contributed by atoms with E-state index >= 15 is 0 Å². The van der Waals surface area contributed by atoms with E-state index in [4.69, 9.17) is 17.3 Å². The van der Waals surface area contributed by atoms with E-state index in [1.54, 1.807) is 18.7 Å². The lowest BCUT2D eigenvalue weighted by Crippen LogP contribution is -2.32. The van der Waals surface area contributed by atoms with Crippen LogP contribution in [0.25, 0.3) is 0 Å². The molecule has 0 unspecified atom stereocenters. The van der Waals surface area contributed by atoms with Gasteiger partial charge in [-0.15, -0.1) is 24.2 Å². The largest absolute Gasteiger partial charge is 0.324 e. The van der Waals surface area contributed by atoms with Gasteiger partial charge >= 0.3 is 0 Å². The third-order valence-electron chi connectivity index (χ3n) is 1.99. The van der Waals surface area contributed by atoms with Crippen molar-refractivity contribution < 1.29 is 4.79 Å². The first-order valence-electron chi connectivity index (χ1n) is 5.43. The molecule has 0 spiro atoms. The van der Waals surface area contributed by atoms with Crippen LogP contribution in [0.2, 0.25) is 5.02 Å². The Morgan fingerprint density at radius 2 is 2.00 bits per heavy atom. The van der Waals surface area contributed by atoms with Crippen LogP contribution < -0.4 is 11.1 Å². The van der Waals surface area contributed by atoms with Crippen molar-refractivity contribution >= 4 is 47.4 Å². The molecule has 0 aromatic heterocycles. The number of thioether (sulfide) groups is 1. The van der Waals surface area contributed by atoms with Crippen molar-refractivity contribution in [3.05, 3.63) is 23.2 Å². The fourth-order valence-electron chi connectivity index (χ4n) is 1.21. The van der Waals surface area contributed by atoms with E-state index in [9.17, 15) is 4.79 Å². The van der Waals surface area contributed by atoms with Crippen molar-refractivity contribution in [1.82, 2.24) is 0 Å². The molecule has 0 aliphatic carbocycles. The summed E-state index contributed by atoms with van der Waals surface area (Å²) in [4.78, 5) is 12.5. The van der Waals surface area contributed by atoms with E-state index in [2.05, 4.69) is 19.2 Å². The first kappa shape index (κ1) is 17.6. The second kappa shape index (κ2) is 7.89. The van der Waals surface area contributed by atoms with Crippen LogP contribution in [-0.2, 0) is 4.79 Å². The van der Waals surface area contributed by atoms with E-state index in [1.165, 1.54) is 0 Å². The normalized spacial score (nSPS) is 11.9. The van der Waals surface area contributed by atoms with Crippen LogP contribution in [0.1, 0.15) is 20.8 Å². The fraction of sp³-hybridized carbons (Fsp3) is 0.417. The van der Waals surface area contributed by atoms with Gasteiger partial charge in [-0.2, -0.15) is 0 Å². The van der Waals surface area contributed by atoms with Gasteiger partial charge in [0.2, 0.25) is 5.91 Å². The fourth-order valence-corrected chi connectivity index (χ4v) is 2.42. The Morgan fingerprint density at radius 3 is 2.50 bits per heavy atom. The molecule has 0 fully saturated rings. The predicted molar refractivity (Wildman–Crippen MR) is 82.0 cm³/mol. The predicted octanol–water partition coefficient (Wildman–Crippen LogP) is 3.55. The molecule has 3 nitrogen and oxygen atoms in total. The maximum Gasteiger partial charge on any atom is 0.241 e. The van der Waals surface area contributed by atoms with Gasteiger partial charge in [0.05, 0.1) is 16.8 Å². The molecule has 0 saturated carbocycles. The van der Waals surface area contributed by atoms with Crippen LogP contribution >= 0.6 is 35.8 Å². The third-order valence-corrected chi connectivity index (χ3v) is 3.57. The van der Waals surface area contributed by atoms with Crippen LogP contribution in [0, 0.1) is 0 Å². The SMILES string of the molecule is CC(C)Sc1c(Cl)cccc1NC(=O)[C@H](C)N.Cl. The highest BCUT2D eigenvalue weighted by atomic mass is 35.5. The minimum Gasteiger partial charge on any atom is -0.324 e. The molecule has 1 rings (SSSR count). The Kier molecular flexibility index (Phi) is 7.71. The highest BCUT2D eigenvalue weighted by molar-refractivity contribution is 8.00. The third kappa shape index (κ3) is 5.06. The Hall–Kier alpha value is -0.420. The minimum absolute atomic E-state index is 0. The Balaban J connectivity index is 0.00000289. The molecular weight excluding hydrogens is 291 g/mol. The van der Waals surface area contributed by atoms with Gasteiger partial charge in [0, 0.05) is 10.1 Å². The molecule has 18 heavy (non-hydrogen) atoms. The topological polar surface area (TPSA) is 55.1 Å². The maximum absolute atomic E-state index is 11.6. The number of hydrogen-bond donors (Lipinski definition) is 2. The zero-order valence-electron chi connectivity index (χ0n) is 10.6. The summed E-state index contributed by atoms with van der Waals surface area (Å²) in [7, 11) is 0. The lowest BCUT2D eigenvalue weighted by Gasteiger charge is -2.15. The summed E-state index contributed by atoms with van der Waals surface area (Å²) in [6.07, 6.45) is 0. The maximum atomic E-state index is 11.6. The number of carbonyl (C=O) groups excluding carboxylic acids is 1. The van der Waals surface area contributed by atoms with Crippen molar-refractivity contribution in [2.45, 2.75) is 37.0 Å². The molecule has 0 heterocycles. The number of amides is 1. The van der Waals surface area contributed by atoms with Crippen molar-refractivity contribution in [2.24, 2.45) is 5.73 Å². The number of rotatable bonds is 4. The number of halogens is 2. The van der Waals surface area contributed by atoms with Gasteiger partial charge in [0.25, 0.3) is 0 Å². The second-order valence-electron chi connectivity index (χ2n) is 4.06. The average Bonchev–Trinajstić information content (AvgIpc) is 2.22. The number of carbonyl (C=O) groups is 1. The van der Waals surface area contributed by atoms with Gasteiger partial charge < -0.3 is 11.1 Å². The van der Waals surface area contributed by atoms with E-state index in [-0.39, 0.29) is 18.3 Å². The highest BCUT2D eigenvalue weighted by Crippen LogP contribution is 2.36. The molecule has 102 valence electrons. The zero-order valence-corrected chi connectivity index (χ0v) is 13.0. The van der Waals surface area contributed by atoms with Crippen LogP contribution in [0.5, 0.6) is 0 Å². The summed E-state index contributed by atoms with van der Waals surface area (Å²) in [5.74, 6) is -0.210. The number of hydrogen-bond acceptors (Lipinski definition) is 3. The summed E-state index contributed by atoms with van der Waals surface area (Å²) in [5.41, 5.74) is 6.24.